The molecule has 5 aromatic rings. The van der Waals surface area contributed by atoms with Gasteiger partial charge in [0.05, 0.1) is 32.5 Å². The van der Waals surface area contributed by atoms with Gasteiger partial charge in [0.1, 0.15) is 10.2 Å². The maximum atomic E-state index is 13.4. The highest BCUT2D eigenvalue weighted by Crippen LogP contribution is 2.36. The van der Waals surface area contributed by atoms with E-state index in [0.29, 0.717) is 21.0 Å². The van der Waals surface area contributed by atoms with Gasteiger partial charge >= 0.3 is 5.97 Å². The van der Waals surface area contributed by atoms with Gasteiger partial charge in [0.15, 0.2) is 5.82 Å². The number of rotatable bonds is 6. The molecule has 0 aliphatic heterocycles. The zero-order valence-corrected chi connectivity index (χ0v) is 26.6. The third-order valence-electron chi connectivity index (χ3n) is 5.53. The average molecular weight is 746 g/mol. The number of sulfonamides is 1. The molecule has 3 heterocycles. The van der Waals surface area contributed by atoms with Crippen LogP contribution in [0.15, 0.2) is 71.8 Å². The van der Waals surface area contributed by atoms with Crippen molar-refractivity contribution < 1.29 is 18.3 Å². The van der Waals surface area contributed by atoms with Crippen LogP contribution in [0.5, 0.6) is 0 Å². The van der Waals surface area contributed by atoms with E-state index in [-0.39, 0.29) is 25.7 Å². The molecule has 15 heteroatoms. The second kappa shape index (κ2) is 12.9. The molecule has 212 valence electrons. The Morgan fingerprint density at radius 3 is 2.07 bits per heavy atom. The van der Waals surface area contributed by atoms with Crippen LogP contribution in [0.3, 0.4) is 0 Å². The van der Waals surface area contributed by atoms with Crippen LogP contribution in [0.1, 0.15) is 11.4 Å². The normalized spacial score (nSPS) is 11.2. The largest absolute Gasteiger partial charge is 0.480 e. The summed E-state index contributed by atoms with van der Waals surface area (Å²) >= 11 is 20.5. The fraction of sp³-hybridized carbons (Fsp3) is 0.115. The summed E-state index contributed by atoms with van der Waals surface area (Å²) in [4.78, 5) is 11.3. The highest BCUT2D eigenvalue weighted by Gasteiger charge is 2.30. The zero-order chi connectivity index (χ0) is 29.9. The van der Waals surface area contributed by atoms with E-state index in [2.05, 4.69) is 43.0 Å². The van der Waals surface area contributed by atoms with Gasteiger partial charge in [-0.1, -0.05) is 34.8 Å². The molecule has 0 atom stereocenters. The number of carbonyl (C=O) groups is 1. The summed E-state index contributed by atoms with van der Waals surface area (Å²) in [5.74, 6) is -0.821. The summed E-state index contributed by atoms with van der Waals surface area (Å²) in [6, 6.07) is 16.0. The van der Waals surface area contributed by atoms with Gasteiger partial charge in [-0.15, -0.1) is 10.2 Å². The molecular formula is C26H20Cl3IN6O4S. The predicted molar refractivity (Wildman–Crippen MR) is 167 cm³/mol. The van der Waals surface area contributed by atoms with Crippen molar-refractivity contribution in [2.45, 2.75) is 18.7 Å². The zero-order valence-electron chi connectivity index (χ0n) is 21.3. The van der Waals surface area contributed by atoms with Crippen LogP contribution in [-0.4, -0.2) is 51.0 Å². The lowest BCUT2D eigenvalue weighted by atomic mass is 10.2. The molecule has 0 saturated carbocycles. The highest BCUT2D eigenvalue weighted by molar-refractivity contribution is 14.1. The number of carboxylic acids is 1. The van der Waals surface area contributed by atoms with Crippen molar-refractivity contribution in [1.29, 1.82) is 0 Å². The summed E-state index contributed by atoms with van der Waals surface area (Å²) in [5.41, 5.74) is 2.35. The van der Waals surface area contributed by atoms with E-state index < -0.39 is 22.5 Å². The molecule has 10 nitrogen and oxygen atoms in total. The number of hydrogen-bond acceptors (Lipinski definition) is 7. The molecule has 2 aromatic carbocycles. The summed E-state index contributed by atoms with van der Waals surface area (Å²) in [7, 11) is -4.37. The fourth-order valence-corrected chi connectivity index (χ4v) is 6.42. The summed E-state index contributed by atoms with van der Waals surface area (Å²) in [5, 5.41) is 26.1. The van der Waals surface area contributed by atoms with Gasteiger partial charge in [0.2, 0.25) is 0 Å². The van der Waals surface area contributed by atoms with Crippen LogP contribution in [0.4, 0.5) is 5.69 Å². The van der Waals surface area contributed by atoms with Crippen molar-refractivity contribution in [2.24, 2.45) is 0 Å². The maximum absolute atomic E-state index is 13.4. The summed E-state index contributed by atoms with van der Waals surface area (Å²) < 4.78 is 30.2. The molecule has 0 aliphatic carbocycles. The third kappa shape index (κ3) is 7.43. The Balaban J connectivity index is 0.000000417. The monoisotopic (exact) mass is 744 g/mol. The van der Waals surface area contributed by atoms with Gasteiger partial charge in [-0.25, -0.2) is 8.42 Å². The second-order valence-corrected chi connectivity index (χ2v) is 12.8. The van der Waals surface area contributed by atoms with Crippen LogP contribution in [-0.2, 0) is 14.8 Å². The van der Waals surface area contributed by atoms with Crippen LogP contribution < -0.4 is 4.31 Å². The van der Waals surface area contributed by atoms with Gasteiger partial charge in [0, 0.05) is 21.6 Å². The molecule has 41 heavy (non-hydrogen) atoms. The van der Waals surface area contributed by atoms with E-state index in [1.807, 2.05) is 26.0 Å². The maximum Gasteiger partial charge on any atom is 0.324 e. The molecule has 0 radical (unpaired) electrons. The van der Waals surface area contributed by atoms with E-state index in [1.54, 1.807) is 35.0 Å². The first-order valence-electron chi connectivity index (χ1n) is 11.6. The molecule has 0 amide bonds. The van der Waals surface area contributed by atoms with E-state index in [1.165, 1.54) is 24.3 Å². The highest BCUT2D eigenvalue weighted by atomic mass is 127. The molecule has 3 aromatic heterocycles. The Hall–Kier alpha value is -3.04. The van der Waals surface area contributed by atoms with Crippen molar-refractivity contribution in [3.63, 3.8) is 0 Å². The first-order valence-corrected chi connectivity index (χ1v) is 15.3. The fourth-order valence-electron chi connectivity index (χ4n) is 3.67. The number of benzene rings is 2. The number of nitrogens with zero attached hydrogens (tertiary/aromatic N) is 6. The van der Waals surface area contributed by atoms with Gasteiger partial charge in [-0.05, 0) is 97.1 Å². The smallest absolute Gasteiger partial charge is 0.324 e. The Kier molecular flexibility index (Phi) is 9.70. The summed E-state index contributed by atoms with van der Waals surface area (Å²) in [6.07, 6.45) is 1.73. The number of halogens is 4. The number of aliphatic carboxylic acids is 1. The number of aromatic nitrogens is 5. The van der Waals surface area contributed by atoms with Gasteiger partial charge in [0.25, 0.3) is 10.0 Å². The van der Waals surface area contributed by atoms with Crippen molar-refractivity contribution >= 4 is 90.0 Å². The standard InChI is InChI=1S/C21H15Cl3N4O4S.C5H5IN2/c1-12-2-3-20(26-25-12)27-5-4-13-6-19(17(24)10-18(13)27)28(11-21(29)30)33(31,32)16-8-14(22)7-15(23)9-16;1-4-2-3-5(6)8-7-4/h2-10H,11H2,1H3,(H,29,30);2-3H,1H3. The van der Waals surface area contributed by atoms with Gasteiger partial charge in [-0.3, -0.25) is 13.7 Å². The quantitative estimate of drug-likeness (QED) is 0.199. The van der Waals surface area contributed by atoms with Crippen LogP contribution in [0, 0.1) is 17.5 Å². The van der Waals surface area contributed by atoms with Gasteiger partial charge in [-0.2, -0.15) is 10.2 Å². The number of fused-ring (bicyclic) bond motifs is 1. The minimum Gasteiger partial charge on any atom is -0.480 e. The van der Waals surface area contributed by atoms with Crippen LogP contribution in [0.25, 0.3) is 16.7 Å². The van der Waals surface area contributed by atoms with Crippen molar-refractivity contribution in [1.82, 2.24) is 25.0 Å². The van der Waals surface area contributed by atoms with Crippen LogP contribution >= 0.6 is 57.4 Å². The molecule has 0 bridgehead atoms. The average Bonchev–Trinajstić information content (AvgIpc) is 3.31. The third-order valence-corrected chi connectivity index (χ3v) is 8.58. The minimum absolute atomic E-state index is 0.00425. The topological polar surface area (TPSA) is 131 Å². The Morgan fingerprint density at radius 2 is 1.54 bits per heavy atom. The lowest BCUT2D eigenvalue weighted by Gasteiger charge is -2.24. The lowest BCUT2D eigenvalue weighted by molar-refractivity contribution is -0.135. The molecule has 5 rings (SSSR count). The first-order chi connectivity index (χ1) is 19.3. The van der Waals surface area contributed by atoms with Crippen molar-refractivity contribution in [2.75, 3.05) is 10.8 Å². The number of aryl methyl sites for hydroxylation is 2. The summed E-state index contributed by atoms with van der Waals surface area (Å²) in [6.45, 7) is 2.88. The van der Waals surface area contributed by atoms with Crippen molar-refractivity contribution in [3.05, 3.63) is 97.0 Å². The Bertz CT molecular complexity index is 1790. The molecule has 0 fully saturated rings. The molecule has 0 unspecified atom stereocenters. The number of anilines is 1. The molecule has 0 saturated heterocycles. The molecular weight excluding hydrogens is 726 g/mol. The lowest BCUT2D eigenvalue weighted by Crippen LogP contribution is -2.36. The van der Waals surface area contributed by atoms with E-state index >= 15 is 0 Å². The van der Waals surface area contributed by atoms with E-state index in [9.17, 15) is 18.3 Å². The first kappa shape index (κ1) is 30.9. The molecule has 0 aliphatic rings. The van der Waals surface area contributed by atoms with E-state index in [0.717, 1.165) is 15.1 Å². The predicted octanol–water partition coefficient (Wildman–Crippen LogP) is 6.36. The SMILES string of the molecule is Cc1ccc(-n2ccc3cc(N(CC(=O)O)S(=O)(=O)c4cc(Cl)cc(Cl)c4)c(Cl)cc32)nn1.Cc1ccc(I)nn1. The Morgan fingerprint density at radius 1 is 0.902 bits per heavy atom. The number of carboxylic acid groups (broad SMARTS) is 1. The second-order valence-electron chi connectivity index (χ2n) is 8.59. The van der Waals surface area contributed by atoms with Gasteiger partial charge < -0.3 is 5.11 Å². The number of hydrogen-bond donors (Lipinski definition) is 1. The van der Waals surface area contributed by atoms with Crippen LogP contribution in [0.2, 0.25) is 15.1 Å². The van der Waals surface area contributed by atoms with E-state index in [4.69, 9.17) is 34.8 Å². The minimum atomic E-state index is -4.37. The Labute approximate surface area is 264 Å². The molecule has 1 N–H and O–H groups in total. The molecule has 0 spiro atoms. The van der Waals surface area contributed by atoms with Crippen molar-refractivity contribution in [3.8, 4) is 5.82 Å².